The Morgan fingerprint density at radius 2 is 2.21 bits per heavy atom. The van der Waals surface area contributed by atoms with Gasteiger partial charge >= 0.3 is 0 Å². The molecule has 19 heavy (non-hydrogen) atoms. The maximum absolute atomic E-state index is 13.1. The highest BCUT2D eigenvalue weighted by Gasteiger charge is 2.37. The summed E-state index contributed by atoms with van der Waals surface area (Å²) < 4.78 is 13.1. The Kier molecular flexibility index (Phi) is 3.50. The van der Waals surface area contributed by atoms with Crippen LogP contribution in [0.3, 0.4) is 0 Å². The van der Waals surface area contributed by atoms with Crippen LogP contribution in [0, 0.1) is 5.82 Å². The molecule has 2 saturated heterocycles. The summed E-state index contributed by atoms with van der Waals surface area (Å²) in [6, 6.07) is 4.98. The van der Waals surface area contributed by atoms with Crippen molar-refractivity contribution in [1.29, 1.82) is 0 Å². The Hall–Kier alpha value is -1.07. The molecular weight excluding hydrogens is 263 g/mol. The van der Waals surface area contributed by atoms with Crippen LogP contribution in [0.4, 0.5) is 4.39 Å². The van der Waals surface area contributed by atoms with Gasteiger partial charge in [-0.2, -0.15) is 0 Å². The summed E-state index contributed by atoms with van der Waals surface area (Å²) in [5, 5.41) is 3.08. The standard InChI is InChI=1S/C14H17FN2OS/c15-10-4-3-9(8-13(10)19)14(18)16-11-5-7-17-6-1-2-12(11)17/h3-4,8,11-12,19H,1-2,5-7H2,(H,16,18). The van der Waals surface area contributed by atoms with Gasteiger partial charge in [-0.3, -0.25) is 9.69 Å². The molecule has 2 atom stereocenters. The molecule has 1 aromatic carbocycles. The molecule has 0 aromatic heterocycles. The first-order valence-electron chi connectivity index (χ1n) is 6.68. The molecule has 0 aliphatic carbocycles. The molecule has 2 aliphatic rings. The van der Waals surface area contributed by atoms with Crippen LogP contribution in [0.5, 0.6) is 0 Å². The van der Waals surface area contributed by atoms with E-state index in [9.17, 15) is 9.18 Å². The van der Waals surface area contributed by atoms with Crippen molar-refractivity contribution in [2.45, 2.75) is 36.2 Å². The van der Waals surface area contributed by atoms with Crippen LogP contribution in [0.1, 0.15) is 29.6 Å². The van der Waals surface area contributed by atoms with Gasteiger partial charge in [-0.15, -0.1) is 12.6 Å². The zero-order chi connectivity index (χ0) is 13.4. The van der Waals surface area contributed by atoms with Gasteiger partial charge in [0.2, 0.25) is 0 Å². The Labute approximate surface area is 117 Å². The molecule has 3 rings (SSSR count). The molecule has 1 amide bonds. The van der Waals surface area contributed by atoms with Crippen LogP contribution in [0.25, 0.3) is 0 Å². The second-order valence-electron chi connectivity index (χ2n) is 5.28. The van der Waals surface area contributed by atoms with E-state index in [0.717, 1.165) is 25.9 Å². The molecule has 5 heteroatoms. The Morgan fingerprint density at radius 3 is 3.00 bits per heavy atom. The monoisotopic (exact) mass is 280 g/mol. The number of fused-ring (bicyclic) bond motifs is 1. The maximum Gasteiger partial charge on any atom is 0.251 e. The molecule has 0 radical (unpaired) electrons. The third kappa shape index (κ3) is 2.49. The lowest BCUT2D eigenvalue weighted by Crippen LogP contribution is -2.42. The smallest absolute Gasteiger partial charge is 0.251 e. The zero-order valence-corrected chi connectivity index (χ0v) is 11.5. The number of amides is 1. The van der Waals surface area contributed by atoms with Gasteiger partial charge in [0.25, 0.3) is 5.91 Å². The van der Waals surface area contributed by atoms with E-state index in [4.69, 9.17) is 0 Å². The first-order chi connectivity index (χ1) is 9.15. The molecule has 1 N–H and O–H groups in total. The van der Waals surface area contributed by atoms with Crippen molar-refractivity contribution in [3.05, 3.63) is 29.6 Å². The number of rotatable bonds is 2. The molecule has 0 saturated carbocycles. The average Bonchev–Trinajstić information content (AvgIpc) is 2.97. The van der Waals surface area contributed by atoms with E-state index in [-0.39, 0.29) is 16.8 Å². The Morgan fingerprint density at radius 1 is 1.37 bits per heavy atom. The second-order valence-corrected chi connectivity index (χ2v) is 5.76. The number of benzene rings is 1. The molecule has 2 heterocycles. The van der Waals surface area contributed by atoms with E-state index in [1.165, 1.54) is 24.6 Å². The SMILES string of the molecule is O=C(NC1CCN2CCCC12)c1ccc(F)c(S)c1. The normalized spacial score (nSPS) is 26.4. The lowest BCUT2D eigenvalue weighted by Gasteiger charge is -2.21. The highest BCUT2D eigenvalue weighted by molar-refractivity contribution is 7.80. The van der Waals surface area contributed by atoms with Crippen LogP contribution >= 0.6 is 12.6 Å². The number of carbonyl (C=O) groups excluding carboxylic acids is 1. The van der Waals surface area contributed by atoms with E-state index in [1.54, 1.807) is 0 Å². The van der Waals surface area contributed by atoms with Gasteiger partial charge in [-0.25, -0.2) is 4.39 Å². The second kappa shape index (κ2) is 5.13. The van der Waals surface area contributed by atoms with Crippen LogP contribution in [0.2, 0.25) is 0 Å². The van der Waals surface area contributed by atoms with E-state index < -0.39 is 5.82 Å². The van der Waals surface area contributed by atoms with Crippen molar-refractivity contribution >= 4 is 18.5 Å². The van der Waals surface area contributed by atoms with Gasteiger partial charge in [0.05, 0.1) is 0 Å². The Bertz CT molecular complexity index is 508. The zero-order valence-electron chi connectivity index (χ0n) is 10.6. The number of nitrogens with one attached hydrogen (secondary N) is 1. The summed E-state index contributed by atoms with van der Waals surface area (Å²) in [5.41, 5.74) is 0.475. The van der Waals surface area contributed by atoms with Gasteiger partial charge in [-0.1, -0.05) is 0 Å². The van der Waals surface area contributed by atoms with Crippen LogP contribution in [0.15, 0.2) is 23.1 Å². The first kappa shape index (κ1) is 12.9. The van der Waals surface area contributed by atoms with Crippen molar-refractivity contribution in [3.8, 4) is 0 Å². The van der Waals surface area contributed by atoms with Crippen molar-refractivity contribution in [2.75, 3.05) is 13.1 Å². The summed E-state index contributed by atoms with van der Waals surface area (Å²) in [4.78, 5) is 14.8. The fourth-order valence-corrected chi connectivity index (χ4v) is 3.37. The lowest BCUT2D eigenvalue weighted by atomic mass is 10.1. The molecular formula is C14H17FN2OS. The molecule has 0 spiro atoms. The predicted molar refractivity (Wildman–Crippen MR) is 74.1 cm³/mol. The molecule has 2 aliphatic heterocycles. The van der Waals surface area contributed by atoms with Gasteiger partial charge in [-0.05, 0) is 44.0 Å². The highest BCUT2D eigenvalue weighted by atomic mass is 32.1. The quantitative estimate of drug-likeness (QED) is 0.813. The number of hydrogen-bond donors (Lipinski definition) is 2. The third-order valence-electron chi connectivity index (χ3n) is 4.13. The minimum atomic E-state index is -0.400. The van der Waals surface area contributed by atoms with E-state index in [2.05, 4.69) is 22.8 Å². The predicted octanol–water partition coefficient (Wildman–Crippen LogP) is 2.08. The molecule has 2 unspecified atom stereocenters. The fraction of sp³-hybridized carbons (Fsp3) is 0.500. The largest absolute Gasteiger partial charge is 0.348 e. The maximum atomic E-state index is 13.1. The van der Waals surface area contributed by atoms with Gasteiger partial charge in [0, 0.05) is 29.1 Å². The van der Waals surface area contributed by atoms with Gasteiger partial charge < -0.3 is 5.32 Å². The molecule has 1 aromatic rings. The van der Waals surface area contributed by atoms with Crippen molar-refractivity contribution < 1.29 is 9.18 Å². The minimum Gasteiger partial charge on any atom is -0.348 e. The van der Waals surface area contributed by atoms with E-state index in [0.29, 0.717) is 11.6 Å². The van der Waals surface area contributed by atoms with Crippen molar-refractivity contribution in [3.63, 3.8) is 0 Å². The summed E-state index contributed by atoms with van der Waals surface area (Å²) in [6.07, 6.45) is 3.38. The number of thiol groups is 1. The number of hydrogen-bond acceptors (Lipinski definition) is 3. The Balaban J connectivity index is 1.69. The summed E-state index contributed by atoms with van der Waals surface area (Å²) in [5.74, 6) is -0.531. The van der Waals surface area contributed by atoms with Gasteiger partial charge in [0.15, 0.2) is 0 Å². The molecule has 3 nitrogen and oxygen atoms in total. The molecule has 2 fully saturated rings. The van der Waals surface area contributed by atoms with Crippen LogP contribution in [-0.4, -0.2) is 36.0 Å². The minimum absolute atomic E-state index is 0.131. The topological polar surface area (TPSA) is 32.3 Å². The van der Waals surface area contributed by atoms with E-state index >= 15 is 0 Å². The fourth-order valence-electron chi connectivity index (χ4n) is 3.16. The van der Waals surface area contributed by atoms with Crippen LogP contribution < -0.4 is 5.32 Å². The highest BCUT2D eigenvalue weighted by Crippen LogP contribution is 2.28. The summed E-state index contributed by atoms with van der Waals surface area (Å²) in [7, 11) is 0. The molecule has 102 valence electrons. The lowest BCUT2D eigenvalue weighted by molar-refractivity contribution is 0.0929. The first-order valence-corrected chi connectivity index (χ1v) is 7.13. The number of carbonyl (C=O) groups is 1. The van der Waals surface area contributed by atoms with Crippen molar-refractivity contribution in [2.24, 2.45) is 0 Å². The van der Waals surface area contributed by atoms with Gasteiger partial charge in [0.1, 0.15) is 5.82 Å². The number of nitrogens with zero attached hydrogens (tertiary/aromatic N) is 1. The van der Waals surface area contributed by atoms with E-state index in [1.807, 2.05) is 0 Å². The van der Waals surface area contributed by atoms with Crippen LogP contribution in [-0.2, 0) is 0 Å². The summed E-state index contributed by atoms with van der Waals surface area (Å²) >= 11 is 4.01. The summed E-state index contributed by atoms with van der Waals surface area (Å²) in [6.45, 7) is 2.21. The molecule has 0 bridgehead atoms. The number of halogens is 1. The van der Waals surface area contributed by atoms with Crippen molar-refractivity contribution in [1.82, 2.24) is 10.2 Å². The third-order valence-corrected chi connectivity index (χ3v) is 4.47. The average molecular weight is 280 g/mol.